The summed E-state index contributed by atoms with van der Waals surface area (Å²) in [4.78, 5) is 11.8. The van der Waals surface area contributed by atoms with Gasteiger partial charge in [0.2, 0.25) is 5.89 Å². The van der Waals surface area contributed by atoms with Crippen LogP contribution in [0.2, 0.25) is 13.3 Å². The molecule has 0 atom stereocenters. The Morgan fingerprint density at radius 3 is 2.03 bits per heavy atom. The molecule has 0 fully saturated rings. The Labute approximate surface area is 212 Å². The molecular formula is C28H40N3O2Sn. The molecule has 34 heavy (non-hydrogen) atoms. The third-order valence-electron chi connectivity index (χ3n) is 5.68. The molecule has 0 saturated carbocycles. The van der Waals surface area contributed by atoms with Crippen LogP contribution in [0.1, 0.15) is 66.2 Å². The van der Waals surface area contributed by atoms with Gasteiger partial charge in [-0.05, 0) is 31.2 Å². The Bertz CT molecular complexity index is 929. The minimum atomic E-state index is -0.839. The van der Waals surface area contributed by atoms with Crippen molar-refractivity contribution >= 4 is 31.6 Å². The van der Waals surface area contributed by atoms with E-state index in [2.05, 4.69) is 36.3 Å². The molecule has 0 unspecified atom stereocenters. The predicted octanol–water partition coefficient (Wildman–Crippen LogP) is 8.00. The van der Waals surface area contributed by atoms with Gasteiger partial charge in [-0.3, -0.25) is 4.79 Å². The number of ketones is 1. The summed E-state index contributed by atoms with van der Waals surface area (Å²) in [6, 6.07) is 9.76. The van der Waals surface area contributed by atoms with E-state index in [1.165, 1.54) is 44.6 Å². The fourth-order valence-electron chi connectivity index (χ4n) is 3.63. The maximum absolute atomic E-state index is 11.8. The Kier molecular flexibility index (Phi) is 13.6. The Morgan fingerprint density at radius 1 is 0.882 bits per heavy atom. The number of unbranched alkanes of at least 4 members (excludes halogenated alkanes) is 3. The summed E-state index contributed by atoms with van der Waals surface area (Å²) >= 11 is -0.839. The molecule has 1 aromatic carbocycles. The summed E-state index contributed by atoms with van der Waals surface area (Å²) in [7, 11) is 0. The molecule has 5 nitrogen and oxygen atoms in total. The van der Waals surface area contributed by atoms with Crippen LogP contribution >= 0.6 is 0 Å². The Balaban J connectivity index is 0.000000273. The van der Waals surface area contributed by atoms with Gasteiger partial charge in [0.05, 0.1) is 0 Å². The third-order valence-corrected chi connectivity index (χ3v) is 14.8. The van der Waals surface area contributed by atoms with Crippen molar-refractivity contribution in [3.05, 3.63) is 65.9 Å². The number of hydrogen-bond acceptors (Lipinski definition) is 5. The average molecular weight is 569 g/mol. The SMILES string of the molecule is C/C(Nc1nnc(-c2ccccc2)o1)=C1\C=CC=CC1=O.CCC[CH2][Sn]([CH2]CCC)[CH2]CCC. The first-order chi connectivity index (χ1) is 16.6. The Morgan fingerprint density at radius 2 is 1.47 bits per heavy atom. The molecule has 0 amide bonds. The fourth-order valence-corrected chi connectivity index (χ4v) is 13.1. The van der Waals surface area contributed by atoms with E-state index in [0.29, 0.717) is 17.2 Å². The van der Waals surface area contributed by atoms with Crippen molar-refractivity contribution in [2.24, 2.45) is 0 Å². The summed E-state index contributed by atoms with van der Waals surface area (Å²) < 4.78 is 10.6. The standard InChI is InChI=1S/C16H13N3O2.3C4H9.Sn/c1-11(13-9-5-6-10-14(13)20)17-16-19-18-15(21-16)12-7-3-2-4-8-12;3*1-3-4-2;/h2-10H,1H3,(H,17,19);3*1,3-4H2,2H3;/b13-11-;;;;. The van der Waals surface area contributed by atoms with Crippen molar-refractivity contribution in [1.29, 1.82) is 0 Å². The van der Waals surface area contributed by atoms with Crippen molar-refractivity contribution in [2.75, 3.05) is 5.32 Å². The second kappa shape index (κ2) is 16.5. The van der Waals surface area contributed by atoms with Crippen molar-refractivity contribution in [3.63, 3.8) is 0 Å². The molecule has 1 aliphatic rings. The van der Waals surface area contributed by atoms with Gasteiger partial charge in [-0.15, -0.1) is 5.10 Å². The van der Waals surface area contributed by atoms with Gasteiger partial charge in [0.15, 0.2) is 5.78 Å². The number of carbonyl (C=O) groups is 1. The van der Waals surface area contributed by atoms with E-state index in [1.54, 1.807) is 32.4 Å². The molecule has 0 saturated heterocycles. The zero-order valence-corrected chi connectivity index (χ0v) is 24.1. The molecule has 2 aromatic rings. The summed E-state index contributed by atoms with van der Waals surface area (Å²) in [5.74, 6) is 0.381. The number of nitrogens with zero attached hydrogens (tertiary/aromatic N) is 2. The topological polar surface area (TPSA) is 68.0 Å². The normalized spacial score (nSPS) is 14.2. The first-order valence-corrected chi connectivity index (χ1v) is 18.7. The van der Waals surface area contributed by atoms with Gasteiger partial charge >= 0.3 is 98.4 Å². The molecule has 0 bridgehead atoms. The van der Waals surface area contributed by atoms with E-state index in [-0.39, 0.29) is 11.8 Å². The van der Waals surface area contributed by atoms with Gasteiger partial charge in [0.25, 0.3) is 0 Å². The van der Waals surface area contributed by atoms with Gasteiger partial charge in [-0.1, -0.05) is 35.4 Å². The quantitative estimate of drug-likeness (QED) is 0.207. The van der Waals surface area contributed by atoms with Crippen molar-refractivity contribution in [2.45, 2.75) is 79.5 Å². The van der Waals surface area contributed by atoms with Crippen LogP contribution in [0.3, 0.4) is 0 Å². The van der Waals surface area contributed by atoms with E-state index in [0.717, 1.165) is 5.56 Å². The fraction of sp³-hybridized carbons (Fsp3) is 0.464. The predicted molar refractivity (Wildman–Crippen MR) is 144 cm³/mol. The first-order valence-electron chi connectivity index (χ1n) is 12.7. The molecular weight excluding hydrogens is 529 g/mol. The number of rotatable bonds is 12. The van der Waals surface area contributed by atoms with Gasteiger partial charge in [-0.25, -0.2) is 0 Å². The summed E-state index contributed by atoms with van der Waals surface area (Å²) in [5, 5.41) is 10.9. The van der Waals surface area contributed by atoms with Crippen LogP contribution in [0, 0.1) is 0 Å². The van der Waals surface area contributed by atoms with Gasteiger partial charge in [0.1, 0.15) is 0 Å². The summed E-state index contributed by atoms with van der Waals surface area (Å²) in [5.41, 5.74) is 2.10. The van der Waals surface area contributed by atoms with Gasteiger partial charge < -0.3 is 9.73 Å². The number of allylic oxidation sites excluding steroid dienone is 6. The van der Waals surface area contributed by atoms with Gasteiger partial charge in [0, 0.05) is 16.8 Å². The molecule has 3 rings (SSSR count). The number of benzene rings is 1. The van der Waals surface area contributed by atoms with Crippen LogP contribution in [0.4, 0.5) is 6.01 Å². The maximum atomic E-state index is 11.8. The van der Waals surface area contributed by atoms with E-state index in [4.69, 9.17) is 4.42 Å². The minimum absolute atomic E-state index is 0.0506. The van der Waals surface area contributed by atoms with Crippen LogP contribution < -0.4 is 5.32 Å². The van der Waals surface area contributed by atoms with Crippen LogP contribution in [0.5, 0.6) is 0 Å². The first kappa shape index (κ1) is 28.1. The van der Waals surface area contributed by atoms with E-state index in [9.17, 15) is 4.79 Å². The van der Waals surface area contributed by atoms with Crippen LogP contribution in [0.25, 0.3) is 11.5 Å². The molecule has 1 aliphatic carbocycles. The molecule has 1 N–H and O–H groups in total. The zero-order valence-electron chi connectivity index (χ0n) is 21.3. The van der Waals surface area contributed by atoms with Crippen molar-refractivity contribution < 1.29 is 9.21 Å². The molecule has 0 aliphatic heterocycles. The Hall–Kier alpha value is -2.15. The number of carbonyl (C=O) groups excluding carboxylic acids is 1. The molecule has 1 aromatic heterocycles. The number of anilines is 1. The molecule has 1 heterocycles. The third kappa shape index (κ3) is 10.00. The van der Waals surface area contributed by atoms with E-state index >= 15 is 0 Å². The van der Waals surface area contributed by atoms with E-state index in [1.807, 2.05) is 36.4 Å². The monoisotopic (exact) mass is 570 g/mol. The van der Waals surface area contributed by atoms with Crippen LogP contribution in [-0.4, -0.2) is 35.7 Å². The summed E-state index contributed by atoms with van der Waals surface area (Å²) in [6.07, 6.45) is 15.6. The van der Waals surface area contributed by atoms with Gasteiger partial charge in [-0.2, -0.15) is 0 Å². The molecule has 6 heteroatoms. The number of aromatic nitrogens is 2. The second-order valence-corrected chi connectivity index (χ2v) is 17.1. The molecule has 1 radical (unpaired) electrons. The molecule has 0 spiro atoms. The number of nitrogens with one attached hydrogen (secondary N) is 1. The number of hydrogen-bond donors (Lipinski definition) is 1. The van der Waals surface area contributed by atoms with E-state index < -0.39 is 19.8 Å². The average Bonchev–Trinajstić information content (AvgIpc) is 3.33. The zero-order chi connectivity index (χ0) is 24.6. The van der Waals surface area contributed by atoms with Crippen LogP contribution in [-0.2, 0) is 4.79 Å². The summed E-state index contributed by atoms with van der Waals surface area (Å²) in [6.45, 7) is 8.80. The van der Waals surface area contributed by atoms with Crippen molar-refractivity contribution in [1.82, 2.24) is 10.2 Å². The second-order valence-electron chi connectivity index (χ2n) is 8.59. The van der Waals surface area contributed by atoms with Crippen LogP contribution in [0.15, 0.2) is 70.3 Å². The molecule has 183 valence electrons. The van der Waals surface area contributed by atoms with Crippen molar-refractivity contribution in [3.8, 4) is 11.5 Å².